The van der Waals surface area contributed by atoms with E-state index in [1.807, 2.05) is 6.21 Å². The van der Waals surface area contributed by atoms with Crippen molar-refractivity contribution in [3.63, 3.8) is 0 Å². The van der Waals surface area contributed by atoms with Crippen LogP contribution in [0.1, 0.15) is 42.5 Å². The summed E-state index contributed by atoms with van der Waals surface area (Å²) in [5.41, 5.74) is 4.04. The van der Waals surface area contributed by atoms with Crippen LogP contribution in [0.3, 0.4) is 0 Å². The monoisotopic (exact) mass is 246 g/mol. The third kappa shape index (κ3) is 3.58. The Hall–Kier alpha value is -1.84. The molecule has 0 heterocycles. The molecule has 1 aliphatic carbocycles. The summed E-state index contributed by atoms with van der Waals surface area (Å²) in [6.45, 7) is 0. The number of hydrogen-bond acceptors (Lipinski definition) is 3. The van der Waals surface area contributed by atoms with Gasteiger partial charge in [-0.1, -0.05) is 19.3 Å². The Kier molecular flexibility index (Phi) is 4.34. The highest BCUT2D eigenvalue weighted by atomic mass is 16.4. The Morgan fingerprint density at radius 1 is 1.22 bits per heavy atom. The van der Waals surface area contributed by atoms with Gasteiger partial charge in [0, 0.05) is 6.21 Å². The maximum Gasteiger partial charge on any atom is 0.335 e. The first kappa shape index (κ1) is 12.6. The summed E-state index contributed by atoms with van der Waals surface area (Å²) in [6, 6.07) is 6.59. The summed E-state index contributed by atoms with van der Waals surface area (Å²) in [5.74, 6) is -0.322. The van der Waals surface area contributed by atoms with Crippen LogP contribution >= 0.6 is 0 Å². The largest absolute Gasteiger partial charge is 0.478 e. The summed E-state index contributed by atoms with van der Waals surface area (Å²) >= 11 is 0. The molecule has 1 aliphatic rings. The summed E-state index contributed by atoms with van der Waals surface area (Å²) < 4.78 is 0. The Bertz CT molecular complexity index is 420. The normalized spacial score (nSPS) is 16.9. The van der Waals surface area contributed by atoms with Crippen molar-refractivity contribution in [2.45, 2.75) is 32.1 Å². The first-order chi connectivity index (χ1) is 8.75. The van der Waals surface area contributed by atoms with Gasteiger partial charge in [0.2, 0.25) is 0 Å². The van der Waals surface area contributed by atoms with Crippen molar-refractivity contribution in [3.8, 4) is 0 Å². The SMILES string of the molecule is O=C(O)c1ccc(N/N=C/C2CCCCC2)cc1. The third-order valence-electron chi connectivity index (χ3n) is 3.26. The molecule has 0 atom stereocenters. The number of rotatable bonds is 4. The minimum atomic E-state index is -0.910. The second-order valence-electron chi connectivity index (χ2n) is 4.67. The van der Waals surface area contributed by atoms with E-state index in [4.69, 9.17) is 5.11 Å². The van der Waals surface area contributed by atoms with Crippen LogP contribution in [-0.2, 0) is 0 Å². The summed E-state index contributed by atoms with van der Waals surface area (Å²) in [4.78, 5) is 10.7. The standard InChI is InChI=1S/C14H18N2O2/c17-14(18)12-6-8-13(9-7-12)16-15-10-11-4-2-1-3-5-11/h6-11,16H,1-5H2,(H,17,18)/b15-10+. The van der Waals surface area contributed by atoms with E-state index < -0.39 is 5.97 Å². The van der Waals surface area contributed by atoms with Crippen molar-refractivity contribution >= 4 is 17.9 Å². The van der Waals surface area contributed by atoms with Gasteiger partial charge in [0.05, 0.1) is 11.3 Å². The molecule has 0 amide bonds. The van der Waals surface area contributed by atoms with Crippen LogP contribution < -0.4 is 5.43 Å². The van der Waals surface area contributed by atoms with E-state index in [0.29, 0.717) is 5.92 Å². The van der Waals surface area contributed by atoms with E-state index in [1.54, 1.807) is 24.3 Å². The van der Waals surface area contributed by atoms with Gasteiger partial charge in [-0.2, -0.15) is 5.10 Å². The number of nitrogens with zero attached hydrogens (tertiary/aromatic N) is 1. The first-order valence-corrected chi connectivity index (χ1v) is 6.38. The molecule has 4 heteroatoms. The highest BCUT2D eigenvalue weighted by Gasteiger charge is 2.10. The number of carboxylic acid groups (broad SMARTS) is 1. The smallest absolute Gasteiger partial charge is 0.335 e. The average molecular weight is 246 g/mol. The molecule has 18 heavy (non-hydrogen) atoms. The molecular weight excluding hydrogens is 228 g/mol. The topological polar surface area (TPSA) is 61.7 Å². The van der Waals surface area contributed by atoms with Gasteiger partial charge in [-0.15, -0.1) is 0 Å². The fourth-order valence-electron chi connectivity index (χ4n) is 2.19. The number of hydrogen-bond donors (Lipinski definition) is 2. The Morgan fingerprint density at radius 2 is 1.89 bits per heavy atom. The molecule has 0 bridgehead atoms. The third-order valence-corrected chi connectivity index (χ3v) is 3.26. The number of carboxylic acids is 1. The molecule has 0 aromatic heterocycles. The fourth-order valence-corrected chi connectivity index (χ4v) is 2.19. The maximum atomic E-state index is 10.7. The van der Waals surface area contributed by atoms with Gasteiger partial charge >= 0.3 is 5.97 Å². The molecule has 1 fully saturated rings. The second kappa shape index (κ2) is 6.19. The molecule has 0 saturated heterocycles. The van der Waals surface area contributed by atoms with E-state index in [0.717, 1.165) is 5.69 Å². The van der Waals surface area contributed by atoms with Gasteiger partial charge in [-0.25, -0.2) is 4.79 Å². The van der Waals surface area contributed by atoms with Crippen LogP contribution in [0.2, 0.25) is 0 Å². The van der Waals surface area contributed by atoms with Crippen LogP contribution in [0.25, 0.3) is 0 Å². The molecular formula is C14H18N2O2. The lowest BCUT2D eigenvalue weighted by Crippen LogP contribution is -2.08. The molecule has 2 rings (SSSR count). The minimum absolute atomic E-state index is 0.289. The van der Waals surface area contributed by atoms with Crippen LogP contribution in [0.5, 0.6) is 0 Å². The fraction of sp³-hybridized carbons (Fsp3) is 0.429. The van der Waals surface area contributed by atoms with Gasteiger partial charge in [0.15, 0.2) is 0 Å². The second-order valence-corrected chi connectivity index (χ2v) is 4.67. The van der Waals surface area contributed by atoms with Crippen molar-refractivity contribution in [3.05, 3.63) is 29.8 Å². The molecule has 0 aliphatic heterocycles. The quantitative estimate of drug-likeness (QED) is 0.632. The maximum absolute atomic E-state index is 10.7. The number of nitrogens with one attached hydrogen (secondary N) is 1. The Balaban J connectivity index is 1.85. The lowest BCUT2D eigenvalue weighted by Gasteiger charge is -2.16. The van der Waals surface area contributed by atoms with Gasteiger partial charge in [0.25, 0.3) is 0 Å². The first-order valence-electron chi connectivity index (χ1n) is 6.38. The number of anilines is 1. The number of hydrazone groups is 1. The highest BCUT2D eigenvalue weighted by Crippen LogP contribution is 2.21. The zero-order chi connectivity index (χ0) is 12.8. The van der Waals surface area contributed by atoms with Crippen molar-refractivity contribution in [1.29, 1.82) is 0 Å². The van der Waals surface area contributed by atoms with Crippen molar-refractivity contribution in [1.82, 2.24) is 0 Å². The predicted octanol–water partition coefficient (Wildman–Crippen LogP) is 3.36. The molecule has 2 N–H and O–H groups in total. The van der Waals surface area contributed by atoms with Gasteiger partial charge in [-0.05, 0) is 43.0 Å². The molecule has 0 unspecified atom stereocenters. The molecule has 0 spiro atoms. The van der Waals surface area contributed by atoms with Crippen LogP contribution in [0.15, 0.2) is 29.4 Å². The molecule has 96 valence electrons. The highest BCUT2D eigenvalue weighted by molar-refractivity contribution is 5.88. The van der Waals surface area contributed by atoms with E-state index in [9.17, 15) is 4.79 Å². The van der Waals surface area contributed by atoms with E-state index in [1.165, 1.54) is 32.1 Å². The lowest BCUT2D eigenvalue weighted by molar-refractivity contribution is 0.0697. The number of carbonyl (C=O) groups is 1. The zero-order valence-corrected chi connectivity index (χ0v) is 10.3. The number of aromatic carboxylic acids is 1. The van der Waals surface area contributed by atoms with E-state index >= 15 is 0 Å². The molecule has 0 radical (unpaired) electrons. The lowest BCUT2D eigenvalue weighted by atomic mass is 9.90. The summed E-state index contributed by atoms with van der Waals surface area (Å²) in [7, 11) is 0. The van der Waals surface area contributed by atoms with Crippen LogP contribution in [0.4, 0.5) is 5.69 Å². The predicted molar refractivity (Wildman–Crippen MR) is 72.1 cm³/mol. The molecule has 1 aromatic carbocycles. The zero-order valence-electron chi connectivity index (χ0n) is 10.3. The molecule has 4 nitrogen and oxygen atoms in total. The molecule has 1 saturated carbocycles. The summed E-state index contributed by atoms with van der Waals surface area (Å²) in [6.07, 6.45) is 8.36. The Labute approximate surface area is 107 Å². The van der Waals surface area contributed by atoms with Gasteiger partial charge in [0.1, 0.15) is 0 Å². The molecule has 1 aromatic rings. The van der Waals surface area contributed by atoms with E-state index in [-0.39, 0.29) is 5.56 Å². The van der Waals surface area contributed by atoms with Gasteiger partial charge in [-0.3, -0.25) is 5.43 Å². The van der Waals surface area contributed by atoms with Crippen molar-refractivity contribution in [2.75, 3.05) is 5.43 Å². The average Bonchev–Trinajstić information content (AvgIpc) is 2.40. The van der Waals surface area contributed by atoms with Gasteiger partial charge < -0.3 is 5.11 Å². The Morgan fingerprint density at radius 3 is 2.50 bits per heavy atom. The number of benzene rings is 1. The van der Waals surface area contributed by atoms with Crippen LogP contribution in [0, 0.1) is 5.92 Å². The van der Waals surface area contributed by atoms with Crippen molar-refractivity contribution < 1.29 is 9.90 Å². The summed E-state index contributed by atoms with van der Waals surface area (Å²) in [5, 5.41) is 13.0. The van der Waals surface area contributed by atoms with Crippen LogP contribution in [-0.4, -0.2) is 17.3 Å². The minimum Gasteiger partial charge on any atom is -0.478 e. The van der Waals surface area contributed by atoms with E-state index in [2.05, 4.69) is 10.5 Å². The van der Waals surface area contributed by atoms with Crippen molar-refractivity contribution in [2.24, 2.45) is 11.0 Å².